The van der Waals surface area contributed by atoms with Gasteiger partial charge in [0, 0.05) is 0 Å². The zero-order chi connectivity index (χ0) is 16.4. The van der Waals surface area contributed by atoms with E-state index in [2.05, 4.69) is 0 Å². The number of aliphatic carboxylic acids is 1. The van der Waals surface area contributed by atoms with Crippen LogP contribution in [-0.2, 0) is 24.8 Å². The van der Waals surface area contributed by atoms with Crippen LogP contribution in [0.1, 0.15) is 6.92 Å². The van der Waals surface area contributed by atoms with E-state index in [9.17, 15) is 26.0 Å². The Labute approximate surface area is 121 Å². The smallest absolute Gasteiger partial charge is 0.321 e. The van der Waals surface area contributed by atoms with E-state index >= 15 is 0 Å². The average molecular weight is 340 g/mol. The number of carboxylic acid groups (broad SMARTS) is 1. The first kappa shape index (κ1) is 17.3. The van der Waals surface area contributed by atoms with Gasteiger partial charge in [-0.1, -0.05) is 0 Å². The van der Waals surface area contributed by atoms with Crippen molar-refractivity contribution in [1.29, 1.82) is 0 Å². The lowest BCUT2D eigenvalue weighted by Crippen LogP contribution is -2.38. The van der Waals surface area contributed by atoms with Crippen LogP contribution in [0.3, 0.4) is 0 Å². The molecule has 118 valence electrons. The monoisotopic (exact) mass is 340 g/mol. The maximum atomic E-state index is 13.8. The summed E-state index contributed by atoms with van der Waals surface area (Å²) in [5.74, 6) is -2.64. The second kappa shape index (κ2) is 5.95. The lowest BCUT2D eigenvalue weighted by atomic mass is 10.3. The third-order valence-electron chi connectivity index (χ3n) is 2.23. The SMILES string of the molecule is C[C@H](NS(=O)(=O)c1ccc(NS(C)(=O)=O)cc1F)C(=O)O. The molecule has 0 aliphatic rings. The van der Waals surface area contributed by atoms with Crippen LogP contribution in [-0.4, -0.2) is 40.2 Å². The largest absolute Gasteiger partial charge is 0.480 e. The molecule has 0 radical (unpaired) electrons. The number of nitrogens with one attached hydrogen (secondary N) is 2. The molecule has 1 aromatic carbocycles. The van der Waals surface area contributed by atoms with Gasteiger partial charge in [-0.2, -0.15) is 4.72 Å². The standard InChI is InChI=1S/C10H13FN2O6S2/c1-6(10(14)15)12-21(18,19)9-4-3-7(5-8(9)11)13-20(2,16)17/h3-6,12-13H,1-2H3,(H,14,15)/t6-/m0/s1. The van der Waals surface area contributed by atoms with Gasteiger partial charge in [0.05, 0.1) is 11.9 Å². The molecule has 0 spiro atoms. The summed E-state index contributed by atoms with van der Waals surface area (Å²) in [5.41, 5.74) is -0.153. The molecule has 0 aromatic heterocycles. The Hall–Kier alpha value is -1.72. The molecule has 0 unspecified atom stereocenters. The maximum Gasteiger partial charge on any atom is 0.321 e. The fourth-order valence-corrected chi connectivity index (χ4v) is 3.15. The number of rotatable bonds is 6. The fraction of sp³-hybridized carbons (Fsp3) is 0.300. The highest BCUT2D eigenvalue weighted by molar-refractivity contribution is 7.92. The average Bonchev–Trinajstić information content (AvgIpc) is 2.25. The van der Waals surface area contributed by atoms with Gasteiger partial charge in [-0.3, -0.25) is 9.52 Å². The predicted molar refractivity (Wildman–Crippen MR) is 72.3 cm³/mol. The Balaban J connectivity index is 3.12. The summed E-state index contributed by atoms with van der Waals surface area (Å²) in [6.07, 6.45) is 0.853. The molecule has 1 aromatic rings. The first-order valence-corrected chi connectivity index (χ1v) is 8.82. The number of hydrogen-bond acceptors (Lipinski definition) is 5. The van der Waals surface area contributed by atoms with E-state index < -0.39 is 42.8 Å². The van der Waals surface area contributed by atoms with Gasteiger partial charge in [0.15, 0.2) is 0 Å². The van der Waals surface area contributed by atoms with Crippen molar-refractivity contribution in [3.8, 4) is 0 Å². The lowest BCUT2D eigenvalue weighted by molar-refractivity contribution is -0.138. The highest BCUT2D eigenvalue weighted by Crippen LogP contribution is 2.19. The third-order valence-corrected chi connectivity index (χ3v) is 4.41. The van der Waals surface area contributed by atoms with Crippen molar-refractivity contribution in [2.75, 3.05) is 11.0 Å². The van der Waals surface area contributed by atoms with Crippen molar-refractivity contribution in [2.45, 2.75) is 17.9 Å². The number of anilines is 1. The van der Waals surface area contributed by atoms with Crippen LogP contribution >= 0.6 is 0 Å². The van der Waals surface area contributed by atoms with Gasteiger partial charge in [0.1, 0.15) is 16.8 Å². The van der Waals surface area contributed by atoms with Gasteiger partial charge in [0.25, 0.3) is 0 Å². The van der Waals surface area contributed by atoms with Crippen LogP contribution < -0.4 is 9.44 Å². The second-order valence-corrected chi connectivity index (χ2v) is 7.63. The first-order valence-electron chi connectivity index (χ1n) is 5.45. The Kier molecular flexibility index (Phi) is 4.91. The number of sulfonamides is 2. The van der Waals surface area contributed by atoms with E-state index in [1.807, 2.05) is 4.72 Å². The van der Waals surface area contributed by atoms with Crippen molar-refractivity contribution in [3.63, 3.8) is 0 Å². The zero-order valence-corrected chi connectivity index (χ0v) is 12.6. The topological polar surface area (TPSA) is 130 Å². The molecule has 0 saturated carbocycles. The summed E-state index contributed by atoms with van der Waals surface area (Å²) in [6.45, 7) is 1.08. The van der Waals surface area contributed by atoms with E-state index in [1.165, 1.54) is 0 Å². The van der Waals surface area contributed by atoms with Crippen LogP contribution in [0, 0.1) is 5.82 Å². The number of benzene rings is 1. The van der Waals surface area contributed by atoms with Crippen LogP contribution in [0.5, 0.6) is 0 Å². The van der Waals surface area contributed by atoms with Gasteiger partial charge in [-0.05, 0) is 25.1 Å². The minimum atomic E-state index is -4.38. The number of hydrogen-bond donors (Lipinski definition) is 3. The molecule has 1 atom stereocenters. The number of carboxylic acids is 1. The normalized spacial score (nSPS) is 13.7. The molecule has 0 bridgehead atoms. The lowest BCUT2D eigenvalue weighted by Gasteiger charge is -2.12. The Bertz CT molecular complexity index is 760. The minimum absolute atomic E-state index is 0.153. The molecule has 0 aliphatic heterocycles. The van der Waals surface area contributed by atoms with Crippen LogP contribution in [0.4, 0.5) is 10.1 Å². The molecule has 0 fully saturated rings. The van der Waals surface area contributed by atoms with Crippen molar-refractivity contribution >= 4 is 31.7 Å². The fourth-order valence-electron chi connectivity index (χ4n) is 1.34. The highest BCUT2D eigenvalue weighted by atomic mass is 32.2. The van der Waals surface area contributed by atoms with E-state index in [1.54, 1.807) is 4.72 Å². The Morgan fingerprint density at radius 3 is 2.29 bits per heavy atom. The third kappa shape index (κ3) is 4.95. The molecule has 0 saturated heterocycles. The summed E-state index contributed by atoms with van der Waals surface area (Å²) in [5, 5.41) is 8.64. The molecule has 1 rings (SSSR count). The first-order chi connectivity index (χ1) is 9.42. The molecule has 0 heterocycles. The molecule has 3 N–H and O–H groups in total. The highest BCUT2D eigenvalue weighted by Gasteiger charge is 2.24. The van der Waals surface area contributed by atoms with Crippen molar-refractivity contribution in [1.82, 2.24) is 4.72 Å². The Morgan fingerprint density at radius 1 is 1.29 bits per heavy atom. The van der Waals surface area contributed by atoms with Crippen LogP contribution in [0.15, 0.2) is 23.1 Å². The quantitative estimate of drug-likeness (QED) is 0.666. The van der Waals surface area contributed by atoms with Crippen molar-refractivity contribution in [3.05, 3.63) is 24.0 Å². The molecule has 0 amide bonds. The van der Waals surface area contributed by atoms with Gasteiger partial charge in [0.2, 0.25) is 20.0 Å². The number of carbonyl (C=O) groups is 1. The van der Waals surface area contributed by atoms with Crippen molar-refractivity contribution < 1.29 is 31.1 Å². The summed E-state index contributed by atoms with van der Waals surface area (Å²) in [7, 11) is -8.01. The van der Waals surface area contributed by atoms with Gasteiger partial charge in [-0.15, -0.1) is 0 Å². The van der Waals surface area contributed by atoms with E-state index in [0.717, 1.165) is 25.3 Å². The summed E-state index contributed by atoms with van der Waals surface area (Å²) in [6, 6.07) is 1.12. The molecule has 0 aliphatic carbocycles. The van der Waals surface area contributed by atoms with E-state index in [-0.39, 0.29) is 5.69 Å². The van der Waals surface area contributed by atoms with Gasteiger partial charge in [-0.25, -0.2) is 21.2 Å². The van der Waals surface area contributed by atoms with Gasteiger partial charge >= 0.3 is 5.97 Å². The molecular weight excluding hydrogens is 327 g/mol. The number of halogens is 1. The van der Waals surface area contributed by atoms with Crippen molar-refractivity contribution in [2.24, 2.45) is 0 Å². The summed E-state index contributed by atoms with van der Waals surface area (Å²) >= 11 is 0. The summed E-state index contributed by atoms with van der Waals surface area (Å²) < 4.78 is 63.1. The molecule has 8 nitrogen and oxygen atoms in total. The maximum absolute atomic E-state index is 13.8. The predicted octanol–water partition coefficient (Wildman–Crippen LogP) is -0.0514. The second-order valence-electron chi connectivity index (χ2n) is 4.20. The zero-order valence-electron chi connectivity index (χ0n) is 11.0. The molecule has 21 heavy (non-hydrogen) atoms. The Morgan fingerprint density at radius 2 is 1.86 bits per heavy atom. The van der Waals surface area contributed by atoms with E-state index in [0.29, 0.717) is 6.07 Å². The molecule has 11 heteroatoms. The minimum Gasteiger partial charge on any atom is -0.480 e. The van der Waals surface area contributed by atoms with Gasteiger partial charge < -0.3 is 5.11 Å². The summed E-state index contributed by atoms with van der Waals surface area (Å²) in [4.78, 5) is 9.82. The van der Waals surface area contributed by atoms with Crippen LogP contribution in [0.25, 0.3) is 0 Å². The van der Waals surface area contributed by atoms with Crippen LogP contribution in [0.2, 0.25) is 0 Å². The van der Waals surface area contributed by atoms with E-state index in [4.69, 9.17) is 5.11 Å². The molecular formula is C10H13FN2O6S2.